The second-order valence-electron chi connectivity index (χ2n) is 8.36. The molecule has 0 unspecified atom stereocenters. The second-order valence-corrected chi connectivity index (χ2v) is 8.36. The summed E-state index contributed by atoms with van der Waals surface area (Å²) in [6, 6.07) is 15.7. The van der Waals surface area contributed by atoms with Crippen LogP contribution in [0.25, 0.3) is 4.85 Å². The first-order valence-corrected chi connectivity index (χ1v) is 9.83. The summed E-state index contributed by atoms with van der Waals surface area (Å²) >= 11 is 0. The van der Waals surface area contributed by atoms with E-state index in [2.05, 4.69) is 54.9 Å². The monoisotopic (exact) mass is 401 g/mol. The zero-order valence-electron chi connectivity index (χ0n) is 17.6. The number of rotatable bonds is 5. The summed E-state index contributed by atoms with van der Waals surface area (Å²) in [4.78, 5) is 3.46. The SMILES string of the molecule is [C-]#[N+]c1ccc(N(Cc2ccc(B3OC(C)(C)C(C)(C)O3)cc2)n2cnnc2)cc1. The molecule has 4 rings (SSSR count). The molecule has 7 nitrogen and oxygen atoms in total. The molecule has 2 heterocycles. The lowest BCUT2D eigenvalue weighted by Gasteiger charge is -2.32. The first-order valence-electron chi connectivity index (χ1n) is 9.83. The molecule has 1 fully saturated rings. The second kappa shape index (κ2) is 7.60. The van der Waals surface area contributed by atoms with Gasteiger partial charge in [-0.05, 0) is 50.9 Å². The van der Waals surface area contributed by atoms with Gasteiger partial charge in [0.15, 0.2) is 5.69 Å². The van der Waals surface area contributed by atoms with Crippen molar-refractivity contribution in [1.82, 2.24) is 14.9 Å². The summed E-state index contributed by atoms with van der Waals surface area (Å²) in [6.07, 6.45) is 3.31. The first-order chi connectivity index (χ1) is 14.3. The summed E-state index contributed by atoms with van der Waals surface area (Å²) in [5, 5.41) is 9.89. The highest BCUT2D eigenvalue weighted by atomic mass is 16.7. The van der Waals surface area contributed by atoms with E-state index < -0.39 is 0 Å². The Morgan fingerprint density at radius 1 is 0.933 bits per heavy atom. The summed E-state index contributed by atoms with van der Waals surface area (Å²) in [5.74, 6) is 0. The minimum atomic E-state index is -0.376. The van der Waals surface area contributed by atoms with E-state index in [1.165, 1.54) is 0 Å². The highest BCUT2D eigenvalue weighted by Gasteiger charge is 2.51. The Kier molecular flexibility index (Phi) is 5.10. The van der Waals surface area contributed by atoms with Crippen molar-refractivity contribution in [3.05, 3.63) is 78.2 Å². The Labute approximate surface area is 177 Å². The summed E-state index contributed by atoms with van der Waals surface area (Å²) in [5.41, 5.74) is 2.93. The number of nitrogens with zero attached hydrogens (tertiary/aromatic N) is 5. The lowest BCUT2D eigenvalue weighted by Crippen LogP contribution is -2.41. The van der Waals surface area contributed by atoms with Gasteiger partial charge in [-0.1, -0.05) is 36.4 Å². The molecular weight excluding hydrogens is 377 g/mol. The van der Waals surface area contributed by atoms with Gasteiger partial charge in [-0.25, -0.2) is 9.52 Å². The Morgan fingerprint density at radius 2 is 1.50 bits per heavy atom. The van der Waals surface area contributed by atoms with Crippen LogP contribution in [-0.2, 0) is 15.9 Å². The average Bonchev–Trinajstić information content (AvgIpc) is 3.33. The van der Waals surface area contributed by atoms with Gasteiger partial charge in [0.1, 0.15) is 12.7 Å². The number of anilines is 1. The molecule has 0 spiro atoms. The lowest BCUT2D eigenvalue weighted by molar-refractivity contribution is 0.00578. The van der Waals surface area contributed by atoms with E-state index in [0.717, 1.165) is 16.7 Å². The maximum Gasteiger partial charge on any atom is 0.494 e. The van der Waals surface area contributed by atoms with Crippen molar-refractivity contribution in [2.75, 3.05) is 5.01 Å². The minimum absolute atomic E-state index is 0.362. The molecule has 152 valence electrons. The van der Waals surface area contributed by atoms with Gasteiger partial charge in [0, 0.05) is 0 Å². The number of hydrogen-bond donors (Lipinski definition) is 0. The molecule has 0 radical (unpaired) electrons. The molecule has 0 bridgehead atoms. The van der Waals surface area contributed by atoms with Gasteiger partial charge < -0.3 is 9.31 Å². The number of aromatic nitrogens is 3. The van der Waals surface area contributed by atoms with Crippen LogP contribution in [0, 0.1) is 6.57 Å². The van der Waals surface area contributed by atoms with Gasteiger partial charge >= 0.3 is 7.12 Å². The zero-order valence-corrected chi connectivity index (χ0v) is 17.6. The molecule has 1 aromatic heterocycles. The van der Waals surface area contributed by atoms with Gasteiger partial charge in [0.05, 0.1) is 30.0 Å². The molecule has 3 aromatic rings. The van der Waals surface area contributed by atoms with Crippen LogP contribution >= 0.6 is 0 Å². The van der Waals surface area contributed by atoms with E-state index in [4.69, 9.17) is 15.9 Å². The minimum Gasteiger partial charge on any atom is -0.399 e. The largest absolute Gasteiger partial charge is 0.494 e. The lowest BCUT2D eigenvalue weighted by atomic mass is 9.79. The van der Waals surface area contributed by atoms with Crippen molar-refractivity contribution in [3.8, 4) is 0 Å². The van der Waals surface area contributed by atoms with Gasteiger partial charge in [-0.2, -0.15) is 0 Å². The topological polar surface area (TPSA) is 56.8 Å². The third-order valence-corrected chi connectivity index (χ3v) is 5.80. The molecule has 0 N–H and O–H groups in total. The molecule has 2 aromatic carbocycles. The molecule has 8 heteroatoms. The van der Waals surface area contributed by atoms with Crippen molar-refractivity contribution >= 4 is 24.0 Å². The molecule has 1 saturated heterocycles. The zero-order chi connectivity index (χ0) is 21.4. The molecule has 0 amide bonds. The molecule has 0 atom stereocenters. The average molecular weight is 401 g/mol. The van der Waals surface area contributed by atoms with Crippen molar-refractivity contribution in [2.45, 2.75) is 45.4 Å². The standard InChI is InChI=1S/C22H24BN5O2/c1-21(2)22(3,4)30-23(29-21)18-8-6-17(7-9-18)14-28(27-15-25-26-16-27)20-12-10-19(24-5)11-13-20/h6-13,15-16H,14H2,1-4H3. The van der Waals surface area contributed by atoms with E-state index in [9.17, 15) is 0 Å². The maximum atomic E-state index is 7.15. The highest BCUT2D eigenvalue weighted by molar-refractivity contribution is 6.62. The van der Waals surface area contributed by atoms with Crippen LogP contribution in [-0.4, -0.2) is 33.2 Å². The van der Waals surface area contributed by atoms with E-state index in [0.29, 0.717) is 12.2 Å². The fourth-order valence-corrected chi connectivity index (χ4v) is 3.26. The predicted octanol–water partition coefficient (Wildman–Crippen LogP) is 3.60. The number of hydrogen-bond acceptors (Lipinski definition) is 5. The fourth-order valence-electron chi connectivity index (χ4n) is 3.26. The quantitative estimate of drug-likeness (QED) is 0.483. The van der Waals surface area contributed by atoms with E-state index in [1.54, 1.807) is 24.8 Å². The highest BCUT2D eigenvalue weighted by Crippen LogP contribution is 2.36. The van der Waals surface area contributed by atoms with Gasteiger partial charge in [0.25, 0.3) is 0 Å². The summed E-state index contributed by atoms with van der Waals surface area (Å²) in [6.45, 7) is 16.0. The molecule has 30 heavy (non-hydrogen) atoms. The van der Waals surface area contributed by atoms with Gasteiger partial charge in [0.2, 0.25) is 0 Å². The van der Waals surface area contributed by atoms with Crippen LogP contribution < -0.4 is 10.5 Å². The molecule has 0 aliphatic carbocycles. The fraction of sp³-hybridized carbons (Fsp3) is 0.318. The predicted molar refractivity (Wildman–Crippen MR) is 116 cm³/mol. The summed E-state index contributed by atoms with van der Waals surface area (Å²) < 4.78 is 14.1. The smallest absolute Gasteiger partial charge is 0.399 e. The van der Waals surface area contributed by atoms with E-state index in [-0.39, 0.29) is 18.3 Å². The molecular formula is C22H24BN5O2. The van der Waals surface area contributed by atoms with Crippen LogP contribution in [0.3, 0.4) is 0 Å². The molecule has 1 aliphatic heterocycles. The van der Waals surface area contributed by atoms with Crippen LogP contribution in [0.15, 0.2) is 61.2 Å². The Balaban J connectivity index is 1.55. The van der Waals surface area contributed by atoms with Crippen molar-refractivity contribution in [1.29, 1.82) is 0 Å². The maximum absolute atomic E-state index is 7.15. The van der Waals surface area contributed by atoms with Crippen LogP contribution in [0.2, 0.25) is 0 Å². The van der Waals surface area contributed by atoms with Crippen LogP contribution in [0.5, 0.6) is 0 Å². The molecule has 1 aliphatic rings. The Morgan fingerprint density at radius 3 is 2.03 bits per heavy atom. The van der Waals surface area contributed by atoms with E-state index >= 15 is 0 Å². The van der Waals surface area contributed by atoms with Crippen LogP contribution in [0.1, 0.15) is 33.3 Å². The normalized spacial score (nSPS) is 17.0. The molecule has 0 saturated carbocycles. The summed E-state index contributed by atoms with van der Waals surface area (Å²) in [7, 11) is -0.376. The first kappa shape index (κ1) is 20.1. The van der Waals surface area contributed by atoms with E-state index in [1.807, 2.05) is 34.0 Å². The van der Waals surface area contributed by atoms with Crippen molar-refractivity contribution in [3.63, 3.8) is 0 Å². The van der Waals surface area contributed by atoms with Gasteiger partial charge in [-0.15, -0.1) is 10.2 Å². The Hall–Kier alpha value is -3.15. The Bertz CT molecular complexity index is 1020. The van der Waals surface area contributed by atoms with Crippen LogP contribution in [0.4, 0.5) is 11.4 Å². The van der Waals surface area contributed by atoms with Crippen molar-refractivity contribution in [2.24, 2.45) is 0 Å². The van der Waals surface area contributed by atoms with Crippen molar-refractivity contribution < 1.29 is 9.31 Å². The number of benzene rings is 2. The third kappa shape index (κ3) is 3.82. The van der Waals surface area contributed by atoms with Gasteiger partial charge in [-0.3, -0.25) is 5.01 Å². The third-order valence-electron chi connectivity index (χ3n) is 5.80.